The Morgan fingerprint density at radius 3 is 1.84 bits per heavy atom. The van der Waals surface area contributed by atoms with Gasteiger partial charge >= 0.3 is 6.09 Å². The van der Waals surface area contributed by atoms with E-state index in [-0.39, 0.29) is 64.1 Å². The SMILES string of the molecule is NCCNC(=O)OC1C[C@H]2C(=O)N[C@@H](CCc3ccccc3)C(=O)N[C@@H](Cc3c[nH]c4ccccc34)C(=O)NC(CC3CCNCC3)C(=O)N[C@@H](Cc3ccc(OCc4ccccc4)cc3)C(=O)N[C@@H](Cc3ccccc3)C(=O)N2C1. The van der Waals surface area contributed by atoms with Crippen LogP contribution in [0.4, 0.5) is 4.79 Å². The molecule has 9 rings (SSSR count). The fraction of sp³-hybridized carbons (Fsp3) is 0.371. The number of ether oxygens (including phenoxy) is 2. The number of nitrogens with zero attached hydrogens (tertiary/aromatic N) is 1. The van der Waals surface area contributed by atoms with E-state index in [1.165, 1.54) is 4.90 Å². The molecule has 19 nitrogen and oxygen atoms in total. The van der Waals surface area contributed by atoms with Crippen molar-refractivity contribution < 1.29 is 43.0 Å². The molecule has 0 bridgehead atoms. The van der Waals surface area contributed by atoms with Gasteiger partial charge < -0.3 is 62.3 Å². The van der Waals surface area contributed by atoms with Gasteiger partial charge in [-0.05, 0) is 97.1 Å². The van der Waals surface area contributed by atoms with Crippen LogP contribution >= 0.6 is 0 Å². The zero-order chi connectivity index (χ0) is 56.5. The van der Waals surface area contributed by atoms with Crippen LogP contribution < -0.4 is 47.7 Å². The summed E-state index contributed by atoms with van der Waals surface area (Å²) in [5, 5.41) is 21.7. The van der Waals surface area contributed by atoms with Crippen LogP contribution in [0.15, 0.2) is 146 Å². The van der Waals surface area contributed by atoms with Crippen LogP contribution in [0.2, 0.25) is 0 Å². The second-order valence-electron chi connectivity index (χ2n) is 21.1. The number of amides is 7. The van der Waals surface area contributed by atoms with Crippen LogP contribution in [-0.2, 0) is 65.8 Å². The molecule has 4 heterocycles. The van der Waals surface area contributed by atoms with Crippen LogP contribution in [0, 0.1) is 5.92 Å². The van der Waals surface area contributed by atoms with Crippen molar-refractivity contribution in [3.05, 3.63) is 174 Å². The molecule has 81 heavy (non-hydrogen) atoms. The van der Waals surface area contributed by atoms with Gasteiger partial charge in [0, 0.05) is 55.9 Å². The molecule has 19 heteroatoms. The van der Waals surface area contributed by atoms with E-state index in [0.717, 1.165) is 40.4 Å². The highest BCUT2D eigenvalue weighted by atomic mass is 16.6. The van der Waals surface area contributed by atoms with E-state index in [4.69, 9.17) is 15.2 Å². The number of para-hydroxylation sites is 1. The summed E-state index contributed by atoms with van der Waals surface area (Å²) >= 11 is 0. The van der Waals surface area contributed by atoms with Gasteiger partial charge in [0.1, 0.15) is 54.7 Å². The number of nitrogens with two attached hydrogens (primary N) is 1. The van der Waals surface area contributed by atoms with Crippen molar-refractivity contribution in [3.63, 3.8) is 0 Å². The van der Waals surface area contributed by atoms with Crippen molar-refractivity contribution in [2.75, 3.05) is 32.7 Å². The Balaban J connectivity index is 1.10. The summed E-state index contributed by atoms with van der Waals surface area (Å²) < 4.78 is 11.9. The number of benzene rings is 5. The van der Waals surface area contributed by atoms with Crippen LogP contribution in [-0.4, -0.2) is 126 Å². The minimum atomic E-state index is -1.32. The van der Waals surface area contributed by atoms with Gasteiger partial charge in [-0.1, -0.05) is 121 Å². The molecule has 3 aliphatic heterocycles. The lowest BCUT2D eigenvalue weighted by atomic mass is 9.90. The lowest BCUT2D eigenvalue weighted by molar-refractivity contribution is -0.143. The number of H-pyrrole nitrogens is 1. The van der Waals surface area contributed by atoms with Crippen molar-refractivity contribution in [1.82, 2.24) is 47.1 Å². The summed E-state index contributed by atoms with van der Waals surface area (Å²) in [6, 6.07) is 35.3. The third-order valence-corrected chi connectivity index (χ3v) is 15.3. The number of hydrogen-bond donors (Lipinski definition) is 9. The number of rotatable bonds is 17. The number of piperidine rings is 1. The molecular weight excluding hydrogens is 1030 g/mol. The fourth-order valence-electron chi connectivity index (χ4n) is 10.9. The van der Waals surface area contributed by atoms with Gasteiger partial charge in [0.15, 0.2) is 0 Å². The standard InChI is InChI=1S/C62H72N10O9/c63-28-31-65-62(79)81-47-36-55-60(77)67-50(25-22-40-12-4-1-5-13-40)56(73)70-53(35-45-37-66-49-19-11-10-18-48(45)49)59(76)69-52(33-43-26-29-64-30-27-43)57(74)68-51(32-42-20-23-46(24-21-42)80-39-44-16-8-3-9-17-44)58(75)71-54(61(78)72(55)38-47)34-41-14-6-2-7-15-41/h1-21,23-24,37,43,47,50-55,64,66H,22,25-36,38-39,63H2,(H,65,79)(H,67,77)(H,68,74)(H,69,76)(H,70,73)(H,71,75)/t47?,50-,51-,52?,53-,54-,55-/m0/s1. The number of carbonyl (C=O) groups is 7. The zero-order valence-electron chi connectivity index (χ0n) is 45.3. The predicted molar refractivity (Wildman–Crippen MR) is 305 cm³/mol. The Hall–Kier alpha value is -8.55. The molecule has 3 aliphatic rings. The van der Waals surface area contributed by atoms with Crippen LogP contribution in [0.1, 0.15) is 59.9 Å². The minimum Gasteiger partial charge on any atom is -0.489 e. The van der Waals surface area contributed by atoms with Gasteiger partial charge in [-0.3, -0.25) is 28.8 Å². The van der Waals surface area contributed by atoms with Crippen molar-refractivity contribution in [1.29, 1.82) is 0 Å². The summed E-state index contributed by atoms with van der Waals surface area (Å²) in [4.78, 5) is 109. The average molecular weight is 1100 g/mol. The van der Waals surface area contributed by atoms with E-state index >= 15 is 28.8 Å². The molecule has 0 saturated carbocycles. The molecule has 0 radical (unpaired) electrons. The Kier molecular flexibility index (Phi) is 19.8. The number of alkyl carbamates (subject to hydrolysis) is 1. The number of hydrogen-bond acceptors (Lipinski definition) is 11. The topological polar surface area (TPSA) is 267 Å². The highest BCUT2D eigenvalue weighted by Crippen LogP contribution is 2.26. The fourth-order valence-corrected chi connectivity index (χ4v) is 10.9. The number of aromatic amines is 1. The molecule has 1 aromatic heterocycles. The van der Waals surface area contributed by atoms with Gasteiger partial charge in [-0.2, -0.15) is 0 Å². The molecule has 3 saturated heterocycles. The van der Waals surface area contributed by atoms with E-state index in [0.29, 0.717) is 43.0 Å². The summed E-state index contributed by atoms with van der Waals surface area (Å²) in [6.07, 6.45) is 1.88. The monoisotopic (exact) mass is 1100 g/mol. The first kappa shape index (κ1) is 57.1. The van der Waals surface area contributed by atoms with Gasteiger partial charge in [-0.25, -0.2) is 4.79 Å². The zero-order valence-corrected chi connectivity index (χ0v) is 45.3. The predicted octanol–water partition coefficient (Wildman–Crippen LogP) is 3.89. The first-order valence-electron chi connectivity index (χ1n) is 28.0. The van der Waals surface area contributed by atoms with E-state index in [2.05, 4.69) is 42.2 Å². The lowest BCUT2D eigenvalue weighted by Gasteiger charge is -2.32. The second-order valence-corrected chi connectivity index (χ2v) is 21.1. The number of carbonyl (C=O) groups excluding carboxylic acids is 7. The van der Waals surface area contributed by atoms with Crippen LogP contribution in [0.3, 0.4) is 0 Å². The maximum Gasteiger partial charge on any atom is 0.407 e. The molecule has 424 valence electrons. The van der Waals surface area contributed by atoms with Gasteiger partial charge in [0.25, 0.3) is 0 Å². The molecule has 10 N–H and O–H groups in total. The molecule has 3 fully saturated rings. The maximum absolute atomic E-state index is 15.4. The van der Waals surface area contributed by atoms with E-state index < -0.39 is 83.9 Å². The van der Waals surface area contributed by atoms with E-state index in [9.17, 15) is 4.79 Å². The third-order valence-electron chi connectivity index (χ3n) is 15.3. The summed E-state index contributed by atoms with van der Waals surface area (Å²) in [5.74, 6) is -3.42. The Morgan fingerprint density at radius 2 is 1.15 bits per heavy atom. The van der Waals surface area contributed by atoms with E-state index in [1.807, 2.05) is 103 Å². The number of fused-ring (bicyclic) bond motifs is 2. The van der Waals surface area contributed by atoms with Crippen molar-refractivity contribution >= 4 is 52.4 Å². The highest BCUT2D eigenvalue weighted by molar-refractivity contribution is 5.99. The Bertz CT molecular complexity index is 3080. The lowest BCUT2D eigenvalue weighted by Crippen LogP contribution is -2.62. The number of aromatic nitrogens is 1. The van der Waals surface area contributed by atoms with Gasteiger partial charge in [0.05, 0.1) is 6.54 Å². The summed E-state index contributed by atoms with van der Waals surface area (Å²) in [7, 11) is 0. The second kappa shape index (κ2) is 28.0. The molecule has 6 aromatic rings. The highest BCUT2D eigenvalue weighted by Gasteiger charge is 2.45. The molecule has 7 atom stereocenters. The Labute approximate surface area is 471 Å². The molecular formula is C62H72N10O9. The first-order valence-corrected chi connectivity index (χ1v) is 28.0. The van der Waals surface area contributed by atoms with E-state index in [1.54, 1.807) is 42.6 Å². The number of nitrogens with one attached hydrogen (secondary N) is 8. The molecule has 7 amide bonds. The normalized spacial score (nSPS) is 22.5. The summed E-state index contributed by atoms with van der Waals surface area (Å²) in [6.45, 7) is 1.77. The van der Waals surface area contributed by atoms with Gasteiger partial charge in [0.2, 0.25) is 35.4 Å². The first-order chi connectivity index (χ1) is 39.5. The van der Waals surface area contributed by atoms with Crippen molar-refractivity contribution in [2.24, 2.45) is 11.7 Å². The van der Waals surface area contributed by atoms with Gasteiger partial charge in [-0.15, -0.1) is 0 Å². The van der Waals surface area contributed by atoms with Crippen LogP contribution in [0.25, 0.3) is 10.9 Å². The van der Waals surface area contributed by atoms with Crippen molar-refractivity contribution in [3.8, 4) is 5.75 Å². The minimum absolute atomic E-state index is 0.00232. The van der Waals surface area contributed by atoms with Crippen LogP contribution in [0.5, 0.6) is 5.75 Å². The molecule has 0 spiro atoms. The average Bonchev–Trinajstić information content (AvgIpc) is 4.11. The Morgan fingerprint density at radius 1 is 0.593 bits per heavy atom. The molecule has 2 unspecified atom stereocenters. The molecule has 5 aromatic carbocycles. The third kappa shape index (κ3) is 15.9. The number of aryl methyl sites for hydroxylation is 1. The summed E-state index contributed by atoms with van der Waals surface area (Å²) in [5.41, 5.74) is 10.4. The van der Waals surface area contributed by atoms with Crippen molar-refractivity contribution in [2.45, 2.75) is 107 Å². The maximum atomic E-state index is 15.4. The molecule has 0 aliphatic carbocycles. The largest absolute Gasteiger partial charge is 0.489 e. The smallest absolute Gasteiger partial charge is 0.407 e. The quantitative estimate of drug-likeness (QED) is 0.0633.